The van der Waals surface area contributed by atoms with Crippen LogP contribution < -0.4 is 14.2 Å². The Labute approximate surface area is 191 Å². The van der Waals surface area contributed by atoms with Crippen molar-refractivity contribution in [1.29, 1.82) is 0 Å². The minimum Gasteiger partial charge on any atom is -0.493 e. The van der Waals surface area contributed by atoms with Crippen LogP contribution in [0.4, 0.5) is 0 Å². The zero-order valence-electron chi connectivity index (χ0n) is 18.5. The Balaban J connectivity index is 1.69. The summed E-state index contributed by atoms with van der Waals surface area (Å²) < 4.78 is 17.5. The second-order valence-corrected chi connectivity index (χ2v) is 7.96. The van der Waals surface area contributed by atoms with Gasteiger partial charge in [-0.15, -0.1) is 0 Å². The van der Waals surface area contributed by atoms with Gasteiger partial charge in [-0.3, -0.25) is 4.98 Å². The molecule has 0 fully saturated rings. The molecule has 33 heavy (non-hydrogen) atoms. The third-order valence-corrected chi connectivity index (χ3v) is 5.62. The van der Waals surface area contributed by atoms with Gasteiger partial charge in [0.05, 0.1) is 49.1 Å². The van der Waals surface area contributed by atoms with E-state index in [-0.39, 0.29) is 6.61 Å². The quantitative estimate of drug-likeness (QED) is 0.356. The first-order valence-corrected chi connectivity index (χ1v) is 10.5. The molecule has 2 heterocycles. The van der Waals surface area contributed by atoms with E-state index in [4.69, 9.17) is 14.2 Å². The van der Waals surface area contributed by atoms with E-state index in [0.717, 1.165) is 16.6 Å². The lowest BCUT2D eigenvalue weighted by atomic mass is 9.92. The molecule has 0 aliphatic rings. The molecule has 8 heteroatoms. The summed E-state index contributed by atoms with van der Waals surface area (Å²) in [6, 6.07) is 15.0. The van der Waals surface area contributed by atoms with Crippen LogP contribution in [0, 0.1) is 12.3 Å². The molecule has 4 rings (SSSR count). The molecule has 0 amide bonds. The maximum Gasteiger partial charge on any atom is 0.163 e. The molecule has 0 bridgehead atoms. The van der Waals surface area contributed by atoms with Gasteiger partial charge in [0.25, 0.3) is 0 Å². The molecule has 3 N–H and O–H groups in total. The van der Waals surface area contributed by atoms with Gasteiger partial charge in [0.2, 0.25) is 0 Å². The monoisotopic (exact) mass is 450 g/mol. The van der Waals surface area contributed by atoms with Crippen molar-refractivity contribution in [2.24, 2.45) is 5.41 Å². The smallest absolute Gasteiger partial charge is 0.163 e. The Morgan fingerprint density at radius 3 is 2.33 bits per heavy atom. The van der Waals surface area contributed by atoms with Crippen molar-refractivity contribution < 1.29 is 29.5 Å². The van der Waals surface area contributed by atoms with Gasteiger partial charge >= 0.3 is 0 Å². The molecule has 0 aliphatic carbocycles. The SMILES string of the molecule is COc1cc2c(Oc3cc4ccccc4nc3C)ccnc2cc1OCC(CO)(CO)CO. The Bertz CT molecular complexity index is 1260. The standard InChI is InChI=1S/C25H26N2O6/c1-16-22(9-17-5-3-4-6-19(17)27-16)33-21-7-8-26-20-11-24(23(31-2)10-18(20)21)32-15-25(12-28,13-29)14-30/h3-11,28-30H,12-15H2,1-2H3. The number of nitrogens with zero attached hydrogens (tertiary/aromatic N) is 2. The molecular weight excluding hydrogens is 424 g/mol. The van der Waals surface area contributed by atoms with E-state index in [9.17, 15) is 15.3 Å². The van der Waals surface area contributed by atoms with Crippen molar-refractivity contribution >= 4 is 21.8 Å². The minimum atomic E-state index is -1.17. The minimum absolute atomic E-state index is 0.101. The van der Waals surface area contributed by atoms with Gasteiger partial charge in [0.1, 0.15) is 18.1 Å². The predicted octanol–water partition coefficient (Wildman–Crippen LogP) is 3.23. The summed E-state index contributed by atoms with van der Waals surface area (Å²) in [6.45, 7) is 0.520. The number of aryl methyl sites for hydroxylation is 1. The molecular formula is C25H26N2O6. The van der Waals surface area contributed by atoms with E-state index in [1.165, 1.54) is 7.11 Å². The molecule has 172 valence electrons. The maximum atomic E-state index is 9.55. The van der Waals surface area contributed by atoms with Gasteiger partial charge in [-0.2, -0.15) is 0 Å². The van der Waals surface area contributed by atoms with Crippen molar-refractivity contribution in [3.05, 3.63) is 60.4 Å². The number of aromatic nitrogens is 2. The van der Waals surface area contributed by atoms with Gasteiger partial charge in [-0.05, 0) is 31.2 Å². The summed E-state index contributed by atoms with van der Waals surface area (Å²) in [7, 11) is 1.51. The van der Waals surface area contributed by atoms with Crippen molar-refractivity contribution in [2.45, 2.75) is 6.92 Å². The molecule has 0 spiro atoms. The highest BCUT2D eigenvalue weighted by Gasteiger charge is 2.30. The third-order valence-electron chi connectivity index (χ3n) is 5.62. The van der Waals surface area contributed by atoms with Crippen molar-refractivity contribution in [3.63, 3.8) is 0 Å². The van der Waals surface area contributed by atoms with Gasteiger partial charge in [-0.25, -0.2) is 4.98 Å². The highest BCUT2D eigenvalue weighted by molar-refractivity contribution is 5.88. The topological polar surface area (TPSA) is 114 Å². The highest BCUT2D eigenvalue weighted by atomic mass is 16.5. The summed E-state index contributed by atoms with van der Waals surface area (Å²) in [4.78, 5) is 9.04. The fourth-order valence-corrected chi connectivity index (χ4v) is 3.42. The van der Waals surface area contributed by atoms with Crippen LogP contribution in [0.3, 0.4) is 0 Å². The van der Waals surface area contributed by atoms with E-state index >= 15 is 0 Å². The number of hydrogen-bond acceptors (Lipinski definition) is 8. The molecule has 8 nitrogen and oxygen atoms in total. The van der Waals surface area contributed by atoms with Gasteiger partial charge in [0, 0.05) is 23.0 Å². The lowest BCUT2D eigenvalue weighted by Crippen LogP contribution is -2.39. The van der Waals surface area contributed by atoms with Crippen LogP contribution in [-0.2, 0) is 0 Å². The number of benzene rings is 2. The van der Waals surface area contributed by atoms with Crippen LogP contribution in [0.25, 0.3) is 21.8 Å². The van der Waals surface area contributed by atoms with Crippen molar-refractivity contribution in [3.8, 4) is 23.0 Å². The lowest BCUT2D eigenvalue weighted by molar-refractivity contribution is -0.0263. The summed E-state index contributed by atoms with van der Waals surface area (Å²) in [6.07, 6.45) is 1.64. The first kappa shape index (κ1) is 22.7. The van der Waals surface area contributed by atoms with Crippen LogP contribution in [0.5, 0.6) is 23.0 Å². The molecule has 0 unspecified atom stereocenters. The van der Waals surface area contributed by atoms with Crippen LogP contribution in [0.15, 0.2) is 54.7 Å². The van der Waals surface area contributed by atoms with E-state index < -0.39 is 25.2 Å². The van der Waals surface area contributed by atoms with Gasteiger partial charge in [0.15, 0.2) is 11.5 Å². The number of pyridine rings is 2. The number of hydrogen-bond donors (Lipinski definition) is 3. The predicted molar refractivity (Wildman–Crippen MR) is 124 cm³/mol. The Hall–Kier alpha value is -3.46. The van der Waals surface area contributed by atoms with E-state index in [0.29, 0.717) is 33.9 Å². The second kappa shape index (κ2) is 9.58. The molecule has 2 aromatic heterocycles. The zero-order chi connectivity index (χ0) is 23.4. The van der Waals surface area contributed by atoms with E-state index in [2.05, 4.69) is 9.97 Å². The largest absolute Gasteiger partial charge is 0.493 e. The normalized spacial score (nSPS) is 11.7. The number of para-hydroxylation sites is 1. The fourth-order valence-electron chi connectivity index (χ4n) is 3.42. The van der Waals surface area contributed by atoms with Crippen LogP contribution in [-0.4, -0.2) is 58.8 Å². The Morgan fingerprint density at radius 1 is 0.848 bits per heavy atom. The van der Waals surface area contributed by atoms with Crippen molar-refractivity contribution in [2.75, 3.05) is 33.5 Å². The second-order valence-electron chi connectivity index (χ2n) is 7.96. The Kier molecular flexibility index (Phi) is 6.60. The number of aliphatic hydroxyl groups excluding tert-OH is 3. The number of rotatable bonds is 9. The molecule has 0 atom stereocenters. The molecule has 4 aromatic rings. The summed E-state index contributed by atoms with van der Waals surface area (Å²) >= 11 is 0. The average Bonchev–Trinajstić information content (AvgIpc) is 2.85. The summed E-state index contributed by atoms with van der Waals surface area (Å²) in [5.41, 5.74) is 1.10. The average molecular weight is 450 g/mol. The molecule has 0 radical (unpaired) electrons. The number of fused-ring (bicyclic) bond motifs is 2. The molecule has 0 aliphatic heterocycles. The fraction of sp³-hybridized carbons (Fsp3) is 0.280. The zero-order valence-corrected chi connectivity index (χ0v) is 18.5. The van der Waals surface area contributed by atoms with Crippen LogP contribution in [0.2, 0.25) is 0 Å². The first-order valence-electron chi connectivity index (χ1n) is 10.5. The third kappa shape index (κ3) is 4.54. The first-order chi connectivity index (χ1) is 16.0. The lowest BCUT2D eigenvalue weighted by Gasteiger charge is -2.27. The molecule has 2 aromatic carbocycles. The van der Waals surface area contributed by atoms with Gasteiger partial charge in [-0.1, -0.05) is 18.2 Å². The van der Waals surface area contributed by atoms with Crippen LogP contribution in [0.1, 0.15) is 5.69 Å². The highest BCUT2D eigenvalue weighted by Crippen LogP contribution is 2.38. The van der Waals surface area contributed by atoms with Crippen LogP contribution >= 0.6 is 0 Å². The number of methoxy groups -OCH3 is 1. The van der Waals surface area contributed by atoms with Gasteiger partial charge < -0.3 is 29.5 Å². The van der Waals surface area contributed by atoms with E-state index in [1.807, 2.05) is 37.3 Å². The maximum absolute atomic E-state index is 9.55. The number of aliphatic hydroxyl groups is 3. The van der Waals surface area contributed by atoms with E-state index in [1.54, 1.807) is 24.4 Å². The number of ether oxygens (including phenoxy) is 3. The Morgan fingerprint density at radius 2 is 1.61 bits per heavy atom. The summed E-state index contributed by atoms with van der Waals surface area (Å²) in [5, 5.41) is 30.3. The molecule has 0 saturated heterocycles. The van der Waals surface area contributed by atoms with Crippen molar-refractivity contribution in [1.82, 2.24) is 9.97 Å². The molecule has 0 saturated carbocycles. The summed E-state index contributed by atoms with van der Waals surface area (Å²) in [5.74, 6) is 2.02.